The van der Waals surface area contributed by atoms with Crippen molar-refractivity contribution in [3.63, 3.8) is 0 Å². The van der Waals surface area contributed by atoms with Gasteiger partial charge in [-0.25, -0.2) is 13.6 Å². The van der Waals surface area contributed by atoms with Gasteiger partial charge in [-0.1, -0.05) is 0 Å². The summed E-state index contributed by atoms with van der Waals surface area (Å²) in [5.41, 5.74) is 0. The number of likely N-dealkylation sites (tertiary alicyclic amines) is 1. The quantitative estimate of drug-likeness (QED) is 0.637. The Balaban J connectivity index is 2.58. The molecule has 0 unspecified atom stereocenters. The third-order valence-electron chi connectivity index (χ3n) is 1.84. The van der Waals surface area contributed by atoms with Gasteiger partial charge in [0.05, 0.1) is 6.04 Å². The Labute approximate surface area is 62.6 Å². The van der Waals surface area contributed by atoms with E-state index in [1.807, 2.05) is 0 Å². The summed E-state index contributed by atoms with van der Waals surface area (Å²) in [5, 5.41) is 8.43. The summed E-state index contributed by atoms with van der Waals surface area (Å²) in [6.45, 7) is 0.240. The lowest BCUT2D eigenvalue weighted by atomic mass is 10.2. The van der Waals surface area contributed by atoms with E-state index in [0.29, 0.717) is 6.42 Å². The third kappa shape index (κ3) is 1.58. The minimum absolute atomic E-state index is 0.240. The van der Waals surface area contributed by atoms with Crippen molar-refractivity contribution in [2.45, 2.75) is 25.3 Å². The van der Waals surface area contributed by atoms with Crippen LogP contribution in [0, 0.1) is 0 Å². The molecule has 0 bridgehead atoms. The van der Waals surface area contributed by atoms with Gasteiger partial charge in [0.25, 0.3) is 6.43 Å². The van der Waals surface area contributed by atoms with Crippen LogP contribution in [0.3, 0.4) is 0 Å². The summed E-state index contributed by atoms with van der Waals surface area (Å²) in [6, 6.07) is -1.08. The van der Waals surface area contributed by atoms with Gasteiger partial charge in [0, 0.05) is 6.54 Å². The second-order valence-corrected chi connectivity index (χ2v) is 2.52. The second-order valence-electron chi connectivity index (χ2n) is 2.52. The molecule has 0 radical (unpaired) electrons. The fraction of sp³-hybridized carbons (Fsp3) is 0.833. The van der Waals surface area contributed by atoms with E-state index in [4.69, 9.17) is 5.11 Å². The Morgan fingerprint density at radius 1 is 1.64 bits per heavy atom. The van der Waals surface area contributed by atoms with E-state index in [-0.39, 0.29) is 13.0 Å². The third-order valence-corrected chi connectivity index (χ3v) is 1.84. The van der Waals surface area contributed by atoms with Crippen LogP contribution < -0.4 is 0 Å². The summed E-state index contributed by atoms with van der Waals surface area (Å²) in [5.74, 6) is 0. The number of alkyl halides is 2. The van der Waals surface area contributed by atoms with Gasteiger partial charge in [0.15, 0.2) is 0 Å². The lowest BCUT2D eigenvalue weighted by Gasteiger charge is -2.19. The van der Waals surface area contributed by atoms with Crippen molar-refractivity contribution in [2.24, 2.45) is 0 Å². The van der Waals surface area contributed by atoms with Gasteiger partial charge >= 0.3 is 6.09 Å². The number of nitrogens with zero attached hydrogens (tertiary/aromatic N) is 1. The zero-order valence-corrected chi connectivity index (χ0v) is 5.83. The monoisotopic (exact) mass is 165 g/mol. The van der Waals surface area contributed by atoms with Crippen molar-refractivity contribution in [1.82, 2.24) is 4.90 Å². The van der Waals surface area contributed by atoms with Crippen molar-refractivity contribution < 1.29 is 18.7 Å². The SMILES string of the molecule is O=C(O)N1CCC[C@@H]1C(F)F. The molecule has 1 atom stereocenters. The van der Waals surface area contributed by atoms with Crippen molar-refractivity contribution >= 4 is 6.09 Å². The number of hydrogen-bond donors (Lipinski definition) is 1. The van der Waals surface area contributed by atoms with E-state index in [1.165, 1.54) is 0 Å². The lowest BCUT2D eigenvalue weighted by molar-refractivity contribution is 0.0470. The number of hydrogen-bond acceptors (Lipinski definition) is 1. The van der Waals surface area contributed by atoms with Crippen LogP contribution in [0.25, 0.3) is 0 Å². The normalized spacial score (nSPS) is 24.6. The highest BCUT2D eigenvalue weighted by Gasteiger charge is 2.34. The number of carboxylic acid groups (broad SMARTS) is 1. The van der Waals surface area contributed by atoms with Crippen molar-refractivity contribution in [3.8, 4) is 0 Å². The Morgan fingerprint density at radius 3 is 2.64 bits per heavy atom. The highest BCUT2D eigenvalue weighted by atomic mass is 19.3. The highest BCUT2D eigenvalue weighted by molar-refractivity contribution is 5.65. The molecule has 1 amide bonds. The molecule has 64 valence electrons. The molecular weight excluding hydrogens is 156 g/mol. The largest absolute Gasteiger partial charge is 0.465 e. The molecule has 0 aromatic heterocycles. The van der Waals surface area contributed by atoms with Gasteiger partial charge in [-0.05, 0) is 12.8 Å². The van der Waals surface area contributed by atoms with Crippen LogP contribution in [0.2, 0.25) is 0 Å². The van der Waals surface area contributed by atoms with Crippen LogP contribution in [0.5, 0.6) is 0 Å². The summed E-state index contributed by atoms with van der Waals surface area (Å²) >= 11 is 0. The molecule has 1 aliphatic rings. The van der Waals surface area contributed by atoms with E-state index in [2.05, 4.69) is 0 Å². The number of amides is 1. The molecule has 11 heavy (non-hydrogen) atoms. The molecular formula is C6H9F2NO2. The van der Waals surface area contributed by atoms with E-state index in [0.717, 1.165) is 4.90 Å². The maximum absolute atomic E-state index is 12.0. The summed E-state index contributed by atoms with van der Waals surface area (Å²) in [4.78, 5) is 11.1. The average molecular weight is 165 g/mol. The predicted octanol–water partition coefficient (Wildman–Crippen LogP) is 1.39. The van der Waals surface area contributed by atoms with Crippen LogP contribution >= 0.6 is 0 Å². The first-order valence-corrected chi connectivity index (χ1v) is 3.40. The summed E-state index contributed by atoms with van der Waals surface area (Å²) in [7, 11) is 0. The Morgan fingerprint density at radius 2 is 2.27 bits per heavy atom. The predicted molar refractivity (Wildman–Crippen MR) is 33.8 cm³/mol. The molecule has 1 rings (SSSR count). The Hall–Kier alpha value is -0.870. The fourth-order valence-corrected chi connectivity index (χ4v) is 1.29. The van der Waals surface area contributed by atoms with Crippen molar-refractivity contribution in [1.29, 1.82) is 0 Å². The van der Waals surface area contributed by atoms with Crippen LogP contribution in [0.1, 0.15) is 12.8 Å². The molecule has 0 aromatic carbocycles. The zero-order chi connectivity index (χ0) is 8.43. The lowest BCUT2D eigenvalue weighted by Crippen LogP contribution is -2.38. The fourth-order valence-electron chi connectivity index (χ4n) is 1.29. The molecule has 0 saturated carbocycles. The van der Waals surface area contributed by atoms with E-state index in [1.54, 1.807) is 0 Å². The first kappa shape index (κ1) is 8.23. The molecule has 5 heteroatoms. The topological polar surface area (TPSA) is 40.5 Å². The number of halogens is 2. The van der Waals surface area contributed by atoms with Crippen molar-refractivity contribution in [2.75, 3.05) is 6.54 Å². The maximum atomic E-state index is 12.0. The smallest absolute Gasteiger partial charge is 0.407 e. The molecule has 0 aromatic rings. The molecule has 1 fully saturated rings. The van der Waals surface area contributed by atoms with Crippen LogP contribution in [0.15, 0.2) is 0 Å². The van der Waals surface area contributed by atoms with Crippen LogP contribution in [-0.2, 0) is 0 Å². The number of carbonyl (C=O) groups is 1. The van der Waals surface area contributed by atoms with E-state index in [9.17, 15) is 13.6 Å². The Kier molecular flexibility index (Phi) is 2.26. The molecule has 0 aliphatic carbocycles. The molecule has 1 heterocycles. The zero-order valence-electron chi connectivity index (χ0n) is 5.83. The molecule has 3 nitrogen and oxygen atoms in total. The minimum atomic E-state index is -2.55. The van der Waals surface area contributed by atoms with Gasteiger partial charge in [-0.2, -0.15) is 0 Å². The second kappa shape index (κ2) is 3.02. The van der Waals surface area contributed by atoms with E-state index >= 15 is 0 Å². The first-order valence-electron chi connectivity index (χ1n) is 3.40. The number of rotatable bonds is 1. The molecule has 1 saturated heterocycles. The Bertz CT molecular complexity index is 163. The molecule has 1 N–H and O–H groups in total. The van der Waals surface area contributed by atoms with Gasteiger partial charge in [-0.15, -0.1) is 0 Å². The maximum Gasteiger partial charge on any atom is 0.407 e. The molecule has 1 aliphatic heterocycles. The van der Waals surface area contributed by atoms with Crippen LogP contribution in [-0.4, -0.2) is 35.1 Å². The van der Waals surface area contributed by atoms with Gasteiger partial charge in [0.1, 0.15) is 0 Å². The van der Waals surface area contributed by atoms with Gasteiger partial charge in [0.2, 0.25) is 0 Å². The van der Waals surface area contributed by atoms with Gasteiger partial charge < -0.3 is 5.11 Å². The molecule has 0 spiro atoms. The van der Waals surface area contributed by atoms with Crippen molar-refractivity contribution in [3.05, 3.63) is 0 Å². The van der Waals surface area contributed by atoms with E-state index < -0.39 is 18.6 Å². The highest BCUT2D eigenvalue weighted by Crippen LogP contribution is 2.22. The average Bonchev–Trinajstić information content (AvgIpc) is 2.32. The first-order chi connectivity index (χ1) is 5.13. The van der Waals surface area contributed by atoms with Gasteiger partial charge in [-0.3, -0.25) is 4.90 Å². The minimum Gasteiger partial charge on any atom is -0.465 e. The summed E-state index contributed by atoms with van der Waals surface area (Å²) in [6.07, 6.45) is -2.97. The standard InChI is InChI=1S/C6H9F2NO2/c7-5(8)4-2-1-3-9(4)6(10)11/h4-5H,1-3H2,(H,10,11)/t4-/m1/s1. The summed E-state index contributed by atoms with van der Waals surface area (Å²) < 4.78 is 24.1. The van der Waals surface area contributed by atoms with Crippen LogP contribution in [0.4, 0.5) is 13.6 Å².